The topological polar surface area (TPSA) is 105 Å². The molecule has 1 fully saturated rings. The minimum absolute atomic E-state index is 0.0130. The van der Waals surface area contributed by atoms with Crippen molar-refractivity contribution in [3.05, 3.63) is 93.7 Å². The Labute approximate surface area is 214 Å². The summed E-state index contributed by atoms with van der Waals surface area (Å²) >= 11 is 12.0. The van der Waals surface area contributed by atoms with Crippen LogP contribution in [-0.2, 0) is 14.4 Å². The quantitative estimate of drug-likeness (QED) is 0.353. The molecule has 1 saturated heterocycles. The molecule has 8 nitrogen and oxygen atoms in total. The van der Waals surface area contributed by atoms with Gasteiger partial charge < -0.3 is 10.1 Å². The number of hydrogen-bond acceptors (Lipinski definition) is 5. The molecule has 3 aromatic carbocycles. The van der Waals surface area contributed by atoms with Crippen LogP contribution >= 0.6 is 23.2 Å². The minimum Gasteiger partial charge on any atom is -0.483 e. The van der Waals surface area contributed by atoms with Gasteiger partial charge in [0.05, 0.1) is 11.4 Å². The van der Waals surface area contributed by atoms with E-state index in [0.717, 1.165) is 4.90 Å². The van der Waals surface area contributed by atoms with Gasteiger partial charge in [-0.2, -0.15) is 0 Å². The lowest BCUT2D eigenvalue weighted by Crippen LogP contribution is -2.54. The summed E-state index contributed by atoms with van der Waals surface area (Å²) in [6.45, 7) is -0.498. The lowest BCUT2D eigenvalue weighted by Gasteiger charge is -2.26. The summed E-state index contributed by atoms with van der Waals surface area (Å²) in [4.78, 5) is 51.0. The molecule has 1 heterocycles. The van der Waals surface area contributed by atoms with E-state index in [0.29, 0.717) is 5.02 Å². The lowest BCUT2D eigenvalue weighted by molar-refractivity contribution is -0.122. The van der Waals surface area contributed by atoms with Gasteiger partial charge in [0, 0.05) is 15.6 Å². The molecule has 0 aliphatic carbocycles. The van der Waals surface area contributed by atoms with Crippen molar-refractivity contribution in [3.8, 4) is 5.75 Å². The summed E-state index contributed by atoms with van der Waals surface area (Å²) in [5.41, 5.74) is 0.0197. The molecule has 4 rings (SSSR count). The molecule has 5 amide bonds. The van der Waals surface area contributed by atoms with Gasteiger partial charge in [-0.25, -0.2) is 14.1 Å². The summed E-state index contributed by atoms with van der Waals surface area (Å²) in [6, 6.07) is 15.0. The summed E-state index contributed by atoms with van der Waals surface area (Å²) in [5, 5.41) is 5.16. The number of ether oxygens (including phenoxy) is 1. The van der Waals surface area contributed by atoms with E-state index in [1.54, 1.807) is 6.07 Å². The van der Waals surface area contributed by atoms with E-state index in [1.807, 2.05) is 0 Å². The third-order valence-corrected chi connectivity index (χ3v) is 5.45. The van der Waals surface area contributed by atoms with Gasteiger partial charge in [-0.3, -0.25) is 19.7 Å². The van der Waals surface area contributed by atoms with E-state index in [9.17, 15) is 23.6 Å². The standard InChI is InChI=1S/C25H16Cl2FN3O5/c26-15-5-8-17(9-6-15)31-24(34)18(23(33)30-25(31)35)12-14-11-16(27)7-10-21(14)36-13-22(32)29-20-4-2-1-3-19(20)28/h1-12H,13H2,(H,29,32)(H,30,33,35)/b18-12-. The molecule has 3 aromatic rings. The molecule has 0 radical (unpaired) electrons. The predicted molar refractivity (Wildman–Crippen MR) is 132 cm³/mol. The first kappa shape index (κ1) is 24.9. The van der Waals surface area contributed by atoms with Crippen LogP contribution < -0.4 is 20.3 Å². The van der Waals surface area contributed by atoms with Crippen LogP contribution in [0.1, 0.15) is 5.56 Å². The minimum atomic E-state index is -0.920. The normalized spacial score (nSPS) is 14.6. The van der Waals surface area contributed by atoms with E-state index in [1.165, 1.54) is 66.7 Å². The van der Waals surface area contributed by atoms with Crippen LogP contribution in [0.25, 0.3) is 6.08 Å². The Hall–Kier alpha value is -4.21. The van der Waals surface area contributed by atoms with Gasteiger partial charge in [0.2, 0.25) is 0 Å². The zero-order valence-electron chi connectivity index (χ0n) is 18.3. The predicted octanol–water partition coefficient (Wildman–Crippen LogP) is 4.82. The lowest BCUT2D eigenvalue weighted by atomic mass is 10.1. The number of nitrogens with one attached hydrogen (secondary N) is 2. The Morgan fingerprint density at radius 3 is 2.42 bits per heavy atom. The Morgan fingerprint density at radius 1 is 1.00 bits per heavy atom. The van der Waals surface area contributed by atoms with Crippen molar-refractivity contribution < 1.29 is 28.3 Å². The molecule has 0 unspecified atom stereocenters. The first-order chi connectivity index (χ1) is 17.2. The van der Waals surface area contributed by atoms with Crippen molar-refractivity contribution in [2.75, 3.05) is 16.8 Å². The number of rotatable bonds is 6. The number of barbiturate groups is 1. The fourth-order valence-electron chi connectivity index (χ4n) is 3.29. The number of imide groups is 2. The SMILES string of the molecule is O=C(COc1ccc(Cl)cc1/C=C1/C(=O)NC(=O)N(c2ccc(Cl)cc2)C1=O)Nc1ccccc1F. The van der Waals surface area contributed by atoms with Gasteiger partial charge in [0.25, 0.3) is 17.7 Å². The van der Waals surface area contributed by atoms with Crippen molar-refractivity contribution in [2.45, 2.75) is 0 Å². The number of urea groups is 1. The van der Waals surface area contributed by atoms with Crippen LogP contribution in [-0.4, -0.2) is 30.4 Å². The first-order valence-corrected chi connectivity index (χ1v) is 11.1. The monoisotopic (exact) mass is 527 g/mol. The van der Waals surface area contributed by atoms with E-state index >= 15 is 0 Å². The van der Waals surface area contributed by atoms with Crippen LogP contribution in [0.4, 0.5) is 20.6 Å². The maximum absolute atomic E-state index is 13.8. The summed E-state index contributed by atoms with van der Waals surface area (Å²) in [6.07, 6.45) is 1.20. The van der Waals surface area contributed by atoms with Crippen LogP contribution in [0.3, 0.4) is 0 Å². The van der Waals surface area contributed by atoms with E-state index < -0.39 is 36.2 Å². The van der Waals surface area contributed by atoms with Crippen LogP contribution in [0.5, 0.6) is 5.75 Å². The number of amides is 5. The Kier molecular flexibility index (Phi) is 7.33. The number of carbonyl (C=O) groups is 4. The highest BCUT2D eigenvalue weighted by Crippen LogP contribution is 2.28. The average Bonchev–Trinajstić information content (AvgIpc) is 2.84. The Balaban J connectivity index is 1.58. The highest BCUT2D eigenvalue weighted by Gasteiger charge is 2.37. The maximum Gasteiger partial charge on any atom is 0.335 e. The van der Waals surface area contributed by atoms with Gasteiger partial charge in [0.15, 0.2) is 6.61 Å². The summed E-state index contributed by atoms with van der Waals surface area (Å²) in [5.74, 6) is -2.93. The molecule has 182 valence electrons. The number of halogens is 3. The van der Waals surface area contributed by atoms with Gasteiger partial charge >= 0.3 is 6.03 Å². The van der Waals surface area contributed by atoms with Crippen molar-refractivity contribution in [1.29, 1.82) is 0 Å². The molecule has 0 spiro atoms. The van der Waals surface area contributed by atoms with Crippen LogP contribution in [0, 0.1) is 5.82 Å². The Morgan fingerprint density at radius 2 is 1.69 bits per heavy atom. The zero-order valence-corrected chi connectivity index (χ0v) is 19.8. The first-order valence-electron chi connectivity index (χ1n) is 10.4. The van der Waals surface area contributed by atoms with Crippen LogP contribution in [0.2, 0.25) is 10.0 Å². The van der Waals surface area contributed by atoms with Crippen molar-refractivity contribution in [1.82, 2.24) is 5.32 Å². The molecule has 0 saturated carbocycles. The Bertz CT molecular complexity index is 1410. The number of anilines is 2. The summed E-state index contributed by atoms with van der Waals surface area (Å²) in [7, 11) is 0. The molecular weight excluding hydrogens is 512 g/mol. The molecule has 11 heteroatoms. The highest BCUT2D eigenvalue weighted by atomic mass is 35.5. The van der Waals surface area contributed by atoms with Gasteiger partial charge in [-0.1, -0.05) is 35.3 Å². The average molecular weight is 528 g/mol. The van der Waals surface area contributed by atoms with Crippen LogP contribution in [0.15, 0.2) is 72.3 Å². The second-order valence-electron chi connectivity index (χ2n) is 7.43. The smallest absolute Gasteiger partial charge is 0.335 e. The highest BCUT2D eigenvalue weighted by molar-refractivity contribution is 6.39. The molecule has 2 N–H and O–H groups in total. The molecule has 0 bridgehead atoms. The van der Waals surface area contributed by atoms with Crippen molar-refractivity contribution >= 4 is 64.4 Å². The van der Waals surface area contributed by atoms with Crippen molar-refractivity contribution in [3.63, 3.8) is 0 Å². The van der Waals surface area contributed by atoms with Gasteiger partial charge in [-0.05, 0) is 60.7 Å². The van der Waals surface area contributed by atoms with E-state index in [4.69, 9.17) is 27.9 Å². The largest absolute Gasteiger partial charge is 0.483 e. The van der Waals surface area contributed by atoms with Gasteiger partial charge in [-0.15, -0.1) is 0 Å². The van der Waals surface area contributed by atoms with E-state index in [2.05, 4.69) is 10.6 Å². The number of para-hydroxylation sites is 1. The number of nitrogens with zero attached hydrogens (tertiary/aromatic N) is 1. The third kappa shape index (κ3) is 5.54. The molecule has 0 atom stereocenters. The fourth-order valence-corrected chi connectivity index (χ4v) is 3.60. The second-order valence-corrected chi connectivity index (χ2v) is 8.31. The van der Waals surface area contributed by atoms with Gasteiger partial charge in [0.1, 0.15) is 17.1 Å². The van der Waals surface area contributed by atoms with E-state index in [-0.39, 0.29) is 33.3 Å². The zero-order chi connectivity index (χ0) is 25.8. The van der Waals surface area contributed by atoms with Crippen molar-refractivity contribution in [2.24, 2.45) is 0 Å². The molecule has 1 aliphatic heterocycles. The molecule has 36 heavy (non-hydrogen) atoms. The molecular formula is C25H16Cl2FN3O5. The maximum atomic E-state index is 13.8. The number of carbonyl (C=O) groups excluding carboxylic acids is 4. The molecule has 1 aliphatic rings. The number of hydrogen-bond donors (Lipinski definition) is 2. The molecule has 0 aromatic heterocycles. The summed E-state index contributed by atoms with van der Waals surface area (Å²) < 4.78 is 19.3. The third-order valence-electron chi connectivity index (χ3n) is 4.96. The fraction of sp³-hybridized carbons (Fsp3) is 0.0400. The number of benzene rings is 3. The second kappa shape index (κ2) is 10.6.